The van der Waals surface area contributed by atoms with Crippen LogP contribution in [0.15, 0.2) is 55.6 Å². The molecule has 21 heavy (non-hydrogen) atoms. The zero-order chi connectivity index (χ0) is 15.7. The smallest absolute Gasteiger partial charge is 0.323 e. The van der Waals surface area contributed by atoms with Gasteiger partial charge in [0.05, 0.1) is 0 Å². The molecule has 0 aromatic heterocycles. The van der Waals surface area contributed by atoms with Gasteiger partial charge in [0.1, 0.15) is 6.54 Å². The second-order valence-corrected chi connectivity index (χ2v) is 4.82. The van der Waals surface area contributed by atoms with Crippen molar-refractivity contribution in [3.63, 3.8) is 0 Å². The number of carbonyl (C=O) groups is 2. The molecular formula is C17H21NO3. The van der Waals surface area contributed by atoms with Gasteiger partial charge in [0.25, 0.3) is 0 Å². The maximum absolute atomic E-state index is 12.5. The topological polar surface area (TPSA) is 57.6 Å². The highest BCUT2D eigenvalue weighted by atomic mass is 16.4. The van der Waals surface area contributed by atoms with E-state index in [-0.39, 0.29) is 24.9 Å². The van der Waals surface area contributed by atoms with Gasteiger partial charge in [-0.3, -0.25) is 9.59 Å². The lowest BCUT2D eigenvalue weighted by atomic mass is 9.99. The van der Waals surface area contributed by atoms with Crippen LogP contribution in [0.25, 0.3) is 0 Å². The van der Waals surface area contributed by atoms with Crippen LogP contribution in [0.5, 0.6) is 0 Å². The molecule has 1 N–H and O–H groups in total. The second-order valence-electron chi connectivity index (χ2n) is 4.82. The molecule has 0 saturated heterocycles. The molecule has 0 bridgehead atoms. The largest absolute Gasteiger partial charge is 0.480 e. The van der Waals surface area contributed by atoms with E-state index >= 15 is 0 Å². The molecule has 1 aromatic rings. The maximum Gasteiger partial charge on any atom is 0.323 e. The molecule has 0 fully saturated rings. The van der Waals surface area contributed by atoms with Crippen molar-refractivity contribution >= 4 is 11.9 Å². The first-order valence-electron chi connectivity index (χ1n) is 6.84. The Kier molecular flexibility index (Phi) is 6.95. The summed E-state index contributed by atoms with van der Waals surface area (Å²) in [6, 6.07) is 9.36. The van der Waals surface area contributed by atoms with Gasteiger partial charge in [0.15, 0.2) is 0 Å². The molecule has 4 nitrogen and oxygen atoms in total. The third-order valence-corrected chi connectivity index (χ3v) is 3.11. The van der Waals surface area contributed by atoms with Gasteiger partial charge in [0.2, 0.25) is 5.91 Å². The van der Waals surface area contributed by atoms with Crippen LogP contribution in [0.1, 0.15) is 18.4 Å². The fourth-order valence-corrected chi connectivity index (χ4v) is 2.14. The molecule has 112 valence electrons. The SMILES string of the molecule is C=CCC(CC=C)C(=O)N(CC(=O)O)Cc1ccccc1. The van der Waals surface area contributed by atoms with Gasteiger partial charge in [-0.05, 0) is 18.4 Å². The molecule has 0 heterocycles. The van der Waals surface area contributed by atoms with E-state index in [0.29, 0.717) is 12.8 Å². The Hall–Kier alpha value is -2.36. The quantitative estimate of drug-likeness (QED) is 0.710. The molecule has 0 spiro atoms. The van der Waals surface area contributed by atoms with E-state index in [9.17, 15) is 9.59 Å². The van der Waals surface area contributed by atoms with Crippen molar-refractivity contribution in [1.82, 2.24) is 4.90 Å². The van der Waals surface area contributed by atoms with Crippen LogP contribution in [0.2, 0.25) is 0 Å². The average Bonchev–Trinajstić information content (AvgIpc) is 2.46. The van der Waals surface area contributed by atoms with E-state index in [4.69, 9.17) is 5.11 Å². The Bertz CT molecular complexity index is 486. The zero-order valence-corrected chi connectivity index (χ0v) is 12.1. The number of carbonyl (C=O) groups excluding carboxylic acids is 1. The highest BCUT2D eigenvalue weighted by Crippen LogP contribution is 2.16. The van der Waals surface area contributed by atoms with Crippen molar-refractivity contribution in [2.75, 3.05) is 6.54 Å². The number of carboxylic acid groups (broad SMARTS) is 1. The van der Waals surface area contributed by atoms with Crippen LogP contribution >= 0.6 is 0 Å². The molecule has 1 amide bonds. The van der Waals surface area contributed by atoms with Gasteiger partial charge >= 0.3 is 5.97 Å². The van der Waals surface area contributed by atoms with Gasteiger partial charge in [-0.1, -0.05) is 42.5 Å². The maximum atomic E-state index is 12.5. The van der Waals surface area contributed by atoms with Crippen molar-refractivity contribution in [2.45, 2.75) is 19.4 Å². The standard InChI is InChI=1S/C17H21NO3/c1-3-8-15(9-4-2)17(21)18(13-16(19)20)12-14-10-6-5-7-11-14/h3-7,10-11,15H,1-2,8-9,12-13H2,(H,19,20). The number of hydrogen-bond donors (Lipinski definition) is 1. The molecule has 0 aliphatic heterocycles. The number of carboxylic acids is 1. The van der Waals surface area contributed by atoms with Gasteiger partial charge in [-0.25, -0.2) is 0 Å². The lowest BCUT2D eigenvalue weighted by Crippen LogP contribution is -2.39. The number of benzene rings is 1. The molecule has 0 unspecified atom stereocenters. The first kappa shape index (κ1) is 16.7. The highest BCUT2D eigenvalue weighted by molar-refractivity contribution is 5.83. The van der Waals surface area contributed by atoms with Crippen LogP contribution < -0.4 is 0 Å². The Labute approximate surface area is 125 Å². The summed E-state index contributed by atoms with van der Waals surface area (Å²) in [7, 11) is 0. The third kappa shape index (κ3) is 5.65. The number of nitrogens with zero attached hydrogens (tertiary/aromatic N) is 1. The first-order valence-corrected chi connectivity index (χ1v) is 6.84. The van der Waals surface area contributed by atoms with Crippen molar-refractivity contribution in [1.29, 1.82) is 0 Å². The minimum Gasteiger partial charge on any atom is -0.480 e. The summed E-state index contributed by atoms with van der Waals surface area (Å²) in [5.41, 5.74) is 0.906. The van der Waals surface area contributed by atoms with Gasteiger partial charge in [0, 0.05) is 12.5 Å². The number of amides is 1. The number of allylic oxidation sites excluding steroid dienone is 2. The second kappa shape index (κ2) is 8.74. The summed E-state index contributed by atoms with van der Waals surface area (Å²) in [5, 5.41) is 9.02. The van der Waals surface area contributed by atoms with Gasteiger partial charge < -0.3 is 10.0 Å². The van der Waals surface area contributed by atoms with Gasteiger partial charge in [-0.2, -0.15) is 0 Å². The summed E-state index contributed by atoms with van der Waals surface area (Å²) >= 11 is 0. The Morgan fingerprint density at radius 3 is 2.19 bits per heavy atom. The fourth-order valence-electron chi connectivity index (χ4n) is 2.14. The van der Waals surface area contributed by atoms with Crippen molar-refractivity contribution in [2.24, 2.45) is 5.92 Å². The third-order valence-electron chi connectivity index (χ3n) is 3.11. The molecule has 0 aliphatic carbocycles. The summed E-state index contributed by atoms with van der Waals surface area (Å²) in [5.74, 6) is -1.50. The lowest BCUT2D eigenvalue weighted by Gasteiger charge is -2.25. The van der Waals surface area contributed by atoms with E-state index in [1.807, 2.05) is 30.3 Å². The normalized spacial score (nSPS) is 10.1. The monoisotopic (exact) mass is 287 g/mol. The summed E-state index contributed by atoms with van der Waals surface area (Å²) in [6.45, 7) is 7.28. The van der Waals surface area contributed by atoms with Crippen LogP contribution in [0.4, 0.5) is 0 Å². The molecule has 1 aromatic carbocycles. The average molecular weight is 287 g/mol. The van der Waals surface area contributed by atoms with Gasteiger partial charge in [-0.15, -0.1) is 13.2 Å². The summed E-state index contributed by atoms with van der Waals surface area (Å²) in [4.78, 5) is 24.9. The van der Waals surface area contributed by atoms with Crippen LogP contribution in [0.3, 0.4) is 0 Å². The predicted octanol–water partition coefficient (Wildman–Crippen LogP) is 2.87. The summed E-state index contributed by atoms with van der Waals surface area (Å²) < 4.78 is 0. The number of rotatable bonds is 9. The van der Waals surface area contributed by atoms with Crippen LogP contribution in [0, 0.1) is 5.92 Å². The molecular weight excluding hydrogens is 266 g/mol. The highest BCUT2D eigenvalue weighted by Gasteiger charge is 2.24. The Morgan fingerprint density at radius 2 is 1.71 bits per heavy atom. The number of aliphatic carboxylic acids is 1. The van der Waals surface area contributed by atoms with E-state index in [2.05, 4.69) is 13.2 Å². The minimum atomic E-state index is -1.02. The molecule has 1 rings (SSSR count). The number of hydrogen-bond acceptors (Lipinski definition) is 2. The molecule has 0 radical (unpaired) electrons. The minimum absolute atomic E-state index is 0.180. The van der Waals surface area contributed by atoms with Crippen LogP contribution in [-0.2, 0) is 16.1 Å². The van der Waals surface area contributed by atoms with Crippen molar-refractivity contribution in [3.8, 4) is 0 Å². The van der Waals surface area contributed by atoms with E-state index in [1.165, 1.54) is 4.90 Å². The van der Waals surface area contributed by atoms with Crippen molar-refractivity contribution in [3.05, 3.63) is 61.2 Å². The zero-order valence-electron chi connectivity index (χ0n) is 12.1. The molecule has 0 aliphatic rings. The van der Waals surface area contributed by atoms with Crippen LogP contribution in [-0.4, -0.2) is 28.4 Å². The predicted molar refractivity (Wildman–Crippen MR) is 82.6 cm³/mol. The fraction of sp³-hybridized carbons (Fsp3) is 0.294. The summed E-state index contributed by atoms with van der Waals surface area (Å²) in [6.07, 6.45) is 4.37. The Morgan fingerprint density at radius 1 is 1.14 bits per heavy atom. The van der Waals surface area contributed by atoms with E-state index < -0.39 is 5.97 Å². The van der Waals surface area contributed by atoms with Crippen molar-refractivity contribution < 1.29 is 14.7 Å². The first-order chi connectivity index (χ1) is 10.1. The Balaban J connectivity index is 2.88. The van der Waals surface area contributed by atoms with E-state index in [1.54, 1.807) is 12.2 Å². The molecule has 4 heteroatoms. The molecule has 0 atom stereocenters. The lowest BCUT2D eigenvalue weighted by molar-refractivity contribution is -0.146. The van der Waals surface area contributed by atoms with E-state index in [0.717, 1.165) is 5.56 Å². The molecule has 0 saturated carbocycles.